The Labute approximate surface area is 72.5 Å². The Bertz CT molecular complexity index is 198. The quantitative estimate of drug-likeness (QED) is 0.662. The fourth-order valence-electron chi connectivity index (χ4n) is 0.964. The minimum atomic E-state index is 0.168. The number of aliphatic hydroxyl groups is 1. The molecule has 1 nitrogen and oxygen atoms in total. The van der Waals surface area contributed by atoms with E-state index in [4.69, 9.17) is 5.11 Å². The van der Waals surface area contributed by atoms with Crippen LogP contribution in [-0.2, 0) is 0 Å². The van der Waals surface area contributed by atoms with Crippen molar-refractivity contribution >= 4 is 12.6 Å². The Morgan fingerprint density at radius 1 is 1.27 bits per heavy atom. The second kappa shape index (κ2) is 4.42. The first-order valence-corrected chi connectivity index (χ1v) is 4.20. The molecule has 1 atom stereocenters. The summed E-state index contributed by atoms with van der Waals surface area (Å²) in [5, 5.41) is 8.82. The van der Waals surface area contributed by atoms with Crippen LogP contribution in [0.2, 0.25) is 0 Å². The molecule has 0 aromatic heterocycles. The standard InChI is InChI=1S/C9H12OS/c10-7-6-9(11)8-4-2-1-3-5-8/h1-5,9-11H,6-7H2/t9-/m1/s1. The predicted octanol–water partition coefficient (Wildman–Crippen LogP) is 2.04. The zero-order valence-electron chi connectivity index (χ0n) is 6.27. The van der Waals surface area contributed by atoms with Gasteiger partial charge in [-0.1, -0.05) is 30.3 Å². The van der Waals surface area contributed by atoms with Crippen LogP contribution in [0.4, 0.5) is 0 Å². The van der Waals surface area contributed by atoms with Crippen LogP contribution in [0.1, 0.15) is 17.2 Å². The first-order chi connectivity index (χ1) is 5.34. The maximum Gasteiger partial charge on any atom is 0.0444 e. The van der Waals surface area contributed by atoms with Gasteiger partial charge in [0.2, 0.25) is 0 Å². The first kappa shape index (κ1) is 8.62. The van der Waals surface area contributed by atoms with Gasteiger partial charge >= 0.3 is 0 Å². The molecule has 0 saturated carbocycles. The third-order valence-electron chi connectivity index (χ3n) is 1.59. The van der Waals surface area contributed by atoms with Gasteiger partial charge in [0.05, 0.1) is 0 Å². The lowest BCUT2D eigenvalue weighted by molar-refractivity contribution is 0.287. The van der Waals surface area contributed by atoms with Crippen LogP contribution < -0.4 is 0 Å². The van der Waals surface area contributed by atoms with E-state index in [0.717, 1.165) is 0 Å². The average Bonchev–Trinajstić information content (AvgIpc) is 2.07. The molecule has 0 aliphatic heterocycles. The molecule has 1 N–H and O–H groups in total. The van der Waals surface area contributed by atoms with E-state index >= 15 is 0 Å². The molecule has 1 aromatic carbocycles. The molecule has 1 rings (SSSR count). The van der Waals surface area contributed by atoms with Crippen LogP contribution in [0.5, 0.6) is 0 Å². The Kier molecular flexibility index (Phi) is 3.46. The fraction of sp³-hybridized carbons (Fsp3) is 0.333. The van der Waals surface area contributed by atoms with E-state index in [2.05, 4.69) is 12.6 Å². The molecule has 0 saturated heterocycles. The van der Waals surface area contributed by atoms with Gasteiger partial charge in [-0.15, -0.1) is 0 Å². The predicted molar refractivity (Wildman–Crippen MR) is 49.9 cm³/mol. The number of rotatable bonds is 3. The average molecular weight is 168 g/mol. The van der Waals surface area contributed by atoms with E-state index in [0.29, 0.717) is 6.42 Å². The molecule has 60 valence electrons. The van der Waals surface area contributed by atoms with Gasteiger partial charge in [-0.05, 0) is 12.0 Å². The lowest BCUT2D eigenvalue weighted by Gasteiger charge is -2.07. The van der Waals surface area contributed by atoms with Crippen molar-refractivity contribution in [2.24, 2.45) is 0 Å². The second-order valence-electron chi connectivity index (χ2n) is 2.44. The van der Waals surface area contributed by atoms with E-state index in [1.54, 1.807) is 0 Å². The van der Waals surface area contributed by atoms with Crippen molar-refractivity contribution in [2.45, 2.75) is 11.7 Å². The molecule has 0 aliphatic rings. The molecule has 0 amide bonds. The minimum Gasteiger partial charge on any atom is -0.396 e. The number of hydrogen-bond acceptors (Lipinski definition) is 2. The maximum atomic E-state index is 8.65. The summed E-state index contributed by atoms with van der Waals surface area (Å²) in [4.78, 5) is 0. The maximum absolute atomic E-state index is 8.65. The molecule has 0 heterocycles. The van der Waals surface area contributed by atoms with E-state index < -0.39 is 0 Å². The largest absolute Gasteiger partial charge is 0.396 e. The van der Waals surface area contributed by atoms with Crippen LogP contribution in [0.3, 0.4) is 0 Å². The summed E-state index contributed by atoms with van der Waals surface area (Å²) < 4.78 is 0. The molecular weight excluding hydrogens is 156 g/mol. The minimum absolute atomic E-state index is 0.168. The van der Waals surface area contributed by atoms with Crippen molar-refractivity contribution in [3.8, 4) is 0 Å². The van der Waals surface area contributed by atoms with E-state index in [1.165, 1.54) is 5.56 Å². The van der Waals surface area contributed by atoms with E-state index in [-0.39, 0.29) is 11.9 Å². The Morgan fingerprint density at radius 3 is 2.45 bits per heavy atom. The molecule has 0 fully saturated rings. The Morgan fingerprint density at radius 2 is 1.91 bits per heavy atom. The molecule has 0 aliphatic carbocycles. The number of thiol groups is 1. The van der Waals surface area contributed by atoms with Crippen LogP contribution in [0.25, 0.3) is 0 Å². The normalized spacial score (nSPS) is 12.9. The van der Waals surface area contributed by atoms with Gasteiger partial charge in [0.1, 0.15) is 0 Å². The summed E-state index contributed by atoms with van der Waals surface area (Å²) in [5.74, 6) is 0. The highest BCUT2D eigenvalue weighted by Crippen LogP contribution is 2.22. The Balaban J connectivity index is 2.61. The molecule has 1 aromatic rings. The fourth-order valence-corrected chi connectivity index (χ4v) is 1.25. The molecule has 0 unspecified atom stereocenters. The van der Waals surface area contributed by atoms with Crippen molar-refractivity contribution < 1.29 is 5.11 Å². The van der Waals surface area contributed by atoms with Crippen molar-refractivity contribution in [3.05, 3.63) is 35.9 Å². The summed E-state index contributed by atoms with van der Waals surface area (Å²) >= 11 is 4.34. The highest BCUT2D eigenvalue weighted by Gasteiger charge is 2.02. The van der Waals surface area contributed by atoms with Gasteiger partial charge in [0, 0.05) is 11.9 Å². The summed E-state index contributed by atoms with van der Waals surface area (Å²) in [6.45, 7) is 0.197. The van der Waals surface area contributed by atoms with Crippen LogP contribution in [0.15, 0.2) is 30.3 Å². The van der Waals surface area contributed by atoms with Gasteiger partial charge in [-0.3, -0.25) is 0 Å². The van der Waals surface area contributed by atoms with Gasteiger partial charge in [-0.2, -0.15) is 12.6 Å². The zero-order valence-corrected chi connectivity index (χ0v) is 7.17. The van der Waals surface area contributed by atoms with Crippen molar-refractivity contribution in [2.75, 3.05) is 6.61 Å². The Hall–Kier alpha value is -0.470. The lowest BCUT2D eigenvalue weighted by Crippen LogP contribution is -1.93. The summed E-state index contributed by atoms with van der Waals surface area (Å²) in [6, 6.07) is 9.98. The smallest absolute Gasteiger partial charge is 0.0444 e. The number of benzene rings is 1. The molecule has 0 radical (unpaired) electrons. The van der Waals surface area contributed by atoms with Gasteiger partial charge in [0.25, 0.3) is 0 Å². The second-order valence-corrected chi connectivity index (χ2v) is 3.06. The van der Waals surface area contributed by atoms with Crippen LogP contribution in [-0.4, -0.2) is 11.7 Å². The van der Waals surface area contributed by atoms with Crippen LogP contribution >= 0.6 is 12.6 Å². The molecule has 0 bridgehead atoms. The number of hydrogen-bond donors (Lipinski definition) is 2. The molecule has 0 spiro atoms. The van der Waals surface area contributed by atoms with Crippen molar-refractivity contribution in [1.82, 2.24) is 0 Å². The highest BCUT2D eigenvalue weighted by atomic mass is 32.1. The van der Waals surface area contributed by atoms with Crippen LogP contribution in [0, 0.1) is 0 Å². The lowest BCUT2D eigenvalue weighted by atomic mass is 10.1. The first-order valence-electron chi connectivity index (χ1n) is 3.68. The summed E-state index contributed by atoms with van der Waals surface area (Å²) in [5.41, 5.74) is 1.17. The third kappa shape index (κ3) is 2.56. The SMILES string of the molecule is OCC[C@@H](S)c1ccccc1. The topological polar surface area (TPSA) is 20.2 Å². The molecular formula is C9H12OS. The third-order valence-corrected chi connectivity index (χ3v) is 2.14. The van der Waals surface area contributed by atoms with E-state index in [1.807, 2.05) is 30.3 Å². The van der Waals surface area contributed by atoms with Gasteiger partial charge in [0.15, 0.2) is 0 Å². The van der Waals surface area contributed by atoms with Crippen molar-refractivity contribution in [1.29, 1.82) is 0 Å². The highest BCUT2D eigenvalue weighted by molar-refractivity contribution is 7.80. The molecule has 11 heavy (non-hydrogen) atoms. The van der Waals surface area contributed by atoms with Gasteiger partial charge < -0.3 is 5.11 Å². The van der Waals surface area contributed by atoms with E-state index in [9.17, 15) is 0 Å². The van der Waals surface area contributed by atoms with Crippen molar-refractivity contribution in [3.63, 3.8) is 0 Å². The monoisotopic (exact) mass is 168 g/mol. The van der Waals surface area contributed by atoms with Gasteiger partial charge in [-0.25, -0.2) is 0 Å². The summed E-state index contributed by atoms with van der Waals surface area (Å²) in [6.07, 6.45) is 0.715. The molecule has 2 heteroatoms. The summed E-state index contributed by atoms with van der Waals surface area (Å²) in [7, 11) is 0. The number of aliphatic hydroxyl groups excluding tert-OH is 1. The zero-order chi connectivity index (χ0) is 8.10.